The molecule has 4 N–H and O–H groups in total. The van der Waals surface area contributed by atoms with Gasteiger partial charge in [-0.25, -0.2) is 4.98 Å². The van der Waals surface area contributed by atoms with E-state index in [2.05, 4.69) is 4.98 Å². The smallest absolute Gasteiger partial charge is 0.219 e. The van der Waals surface area contributed by atoms with E-state index in [4.69, 9.17) is 11.5 Å². The highest BCUT2D eigenvalue weighted by molar-refractivity contribution is 5.80. The zero-order valence-corrected chi connectivity index (χ0v) is 9.97. The number of nitrogens with two attached hydrogens (primary N) is 2. The lowest BCUT2D eigenvalue weighted by Crippen LogP contribution is -2.31. The number of fused-ring (bicyclic) bond motifs is 1. The first-order valence-electron chi connectivity index (χ1n) is 5.41. The van der Waals surface area contributed by atoms with Crippen molar-refractivity contribution in [1.29, 1.82) is 0 Å². The Labute approximate surface area is 99.4 Å². The fourth-order valence-electron chi connectivity index (χ4n) is 2.02. The minimum absolute atomic E-state index is 0.267. The summed E-state index contributed by atoms with van der Waals surface area (Å²) >= 11 is 0. The van der Waals surface area contributed by atoms with E-state index in [9.17, 15) is 4.79 Å². The molecule has 1 aromatic heterocycles. The summed E-state index contributed by atoms with van der Waals surface area (Å²) in [6.45, 7) is 3.91. The maximum absolute atomic E-state index is 11.1. The first kappa shape index (κ1) is 11.4. The number of carbonyl (C=O) groups excluding carboxylic acids is 1. The summed E-state index contributed by atoms with van der Waals surface area (Å²) in [5.74, 6) is -0.327. The topological polar surface area (TPSA) is 86.9 Å². The van der Waals surface area contributed by atoms with Gasteiger partial charge in [-0.15, -0.1) is 0 Å². The second-order valence-electron chi connectivity index (χ2n) is 4.82. The van der Waals surface area contributed by atoms with E-state index >= 15 is 0 Å². The van der Waals surface area contributed by atoms with Crippen molar-refractivity contribution >= 4 is 22.6 Å². The first-order valence-corrected chi connectivity index (χ1v) is 5.41. The highest BCUT2D eigenvalue weighted by Crippen LogP contribution is 2.26. The molecule has 0 unspecified atom stereocenters. The Morgan fingerprint density at radius 2 is 2.18 bits per heavy atom. The van der Waals surface area contributed by atoms with Crippen molar-refractivity contribution in [2.24, 2.45) is 5.73 Å². The highest BCUT2D eigenvalue weighted by atomic mass is 16.1. The Kier molecular flexibility index (Phi) is 2.53. The number of imidazole rings is 1. The molecule has 0 atom stereocenters. The van der Waals surface area contributed by atoms with Gasteiger partial charge in [0.1, 0.15) is 0 Å². The predicted octanol–water partition coefficient (Wildman–Crippen LogP) is 1.23. The van der Waals surface area contributed by atoms with Gasteiger partial charge in [0.05, 0.1) is 17.4 Å². The maximum Gasteiger partial charge on any atom is 0.219 e. The van der Waals surface area contributed by atoms with Crippen LogP contribution in [0.4, 0.5) is 5.69 Å². The summed E-state index contributed by atoms with van der Waals surface area (Å²) in [6, 6.07) is 5.54. The highest BCUT2D eigenvalue weighted by Gasteiger charge is 2.24. The van der Waals surface area contributed by atoms with Gasteiger partial charge in [0, 0.05) is 17.6 Å². The largest absolute Gasteiger partial charge is 0.399 e. The van der Waals surface area contributed by atoms with Crippen molar-refractivity contribution in [2.45, 2.75) is 25.8 Å². The maximum atomic E-state index is 11.1. The van der Waals surface area contributed by atoms with E-state index in [1.54, 1.807) is 6.33 Å². The fraction of sp³-hybridized carbons (Fsp3) is 0.333. The molecule has 0 saturated carbocycles. The van der Waals surface area contributed by atoms with Crippen LogP contribution in [0.2, 0.25) is 0 Å². The Morgan fingerprint density at radius 3 is 2.82 bits per heavy atom. The van der Waals surface area contributed by atoms with Crippen LogP contribution in [-0.4, -0.2) is 15.5 Å². The fourth-order valence-corrected chi connectivity index (χ4v) is 2.02. The number of benzene rings is 1. The van der Waals surface area contributed by atoms with Crippen LogP contribution in [0.1, 0.15) is 20.3 Å². The van der Waals surface area contributed by atoms with Gasteiger partial charge in [-0.05, 0) is 32.0 Å². The van der Waals surface area contributed by atoms with Crippen molar-refractivity contribution in [3.8, 4) is 0 Å². The number of carbonyl (C=O) groups is 1. The van der Waals surface area contributed by atoms with E-state index in [0.717, 1.165) is 11.0 Å². The van der Waals surface area contributed by atoms with E-state index in [1.165, 1.54) is 0 Å². The third kappa shape index (κ3) is 2.08. The van der Waals surface area contributed by atoms with Crippen molar-refractivity contribution in [3.05, 3.63) is 24.5 Å². The number of primary amides is 1. The van der Waals surface area contributed by atoms with Crippen molar-refractivity contribution < 1.29 is 4.79 Å². The molecule has 0 spiro atoms. The lowest BCUT2D eigenvalue weighted by Gasteiger charge is -2.25. The van der Waals surface area contributed by atoms with E-state index in [-0.39, 0.29) is 12.3 Å². The first-order chi connectivity index (χ1) is 7.90. The quantitative estimate of drug-likeness (QED) is 0.780. The third-order valence-electron chi connectivity index (χ3n) is 2.83. The van der Waals surface area contributed by atoms with Gasteiger partial charge in [0.15, 0.2) is 0 Å². The lowest BCUT2D eigenvalue weighted by molar-refractivity contribution is -0.119. The summed E-state index contributed by atoms with van der Waals surface area (Å²) in [4.78, 5) is 15.4. The minimum Gasteiger partial charge on any atom is -0.399 e. The van der Waals surface area contributed by atoms with Crippen LogP contribution in [0.25, 0.3) is 11.0 Å². The summed E-state index contributed by atoms with van der Waals surface area (Å²) in [5, 5.41) is 0. The average molecular weight is 232 g/mol. The molecule has 1 amide bonds. The molecule has 2 rings (SSSR count). The van der Waals surface area contributed by atoms with E-state index in [1.807, 2.05) is 36.6 Å². The van der Waals surface area contributed by atoms with Crippen LogP contribution in [0, 0.1) is 0 Å². The molecule has 1 aromatic carbocycles. The second-order valence-corrected chi connectivity index (χ2v) is 4.82. The molecule has 0 bridgehead atoms. The number of aromatic nitrogens is 2. The lowest BCUT2D eigenvalue weighted by atomic mass is 9.99. The molecule has 0 aliphatic heterocycles. The zero-order chi connectivity index (χ0) is 12.6. The van der Waals surface area contributed by atoms with Crippen molar-refractivity contribution in [1.82, 2.24) is 9.55 Å². The van der Waals surface area contributed by atoms with Gasteiger partial charge < -0.3 is 16.0 Å². The molecule has 0 saturated heterocycles. The predicted molar refractivity (Wildman–Crippen MR) is 67.3 cm³/mol. The number of hydrogen-bond donors (Lipinski definition) is 2. The number of rotatable bonds is 3. The van der Waals surface area contributed by atoms with Gasteiger partial charge in [0.25, 0.3) is 0 Å². The van der Waals surface area contributed by atoms with Gasteiger partial charge in [-0.2, -0.15) is 0 Å². The van der Waals surface area contributed by atoms with Crippen LogP contribution in [0.15, 0.2) is 24.5 Å². The molecule has 1 heterocycles. The number of hydrogen-bond acceptors (Lipinski definition) is 3. The summed E-state index contributed by atoms with van der Waals surface area (Å²) in [7, 11) is 0. The van der Waals surface area contributed by atoms with E-state index < -0.39 is 5.54 Å². The average Bonchev–Trinajstić information content (AvgIpc) is 2.58. The Morgan fingerprint density at radius 1 is 1.47 bits per heavy atom. The van der Waals surface area contributed by atoms with Crippen molar-refractivity contribution in [2.75, 3.05) is 5.73 Å². The standard InChI is InChI=1S/C12H16N4O/c1-12(2,6-11(14)17)16-7-15-9-5-8(13)3-4-10(9)16/h3-5,7H,6,13H2,1-2H3,(H2,14,17). The Hall–Kier alpha value is -2.04. The van der Waals surface area contributed by atoms with Crippen LogP contribution in [-0.2, 0) is 10.3 Å². The molecule has 5 heteroatoms. The monoisotopic (exact) mass is 232 g/mol. The summed E-state index contributed by atoms with van der Waals surface area (Å²) in [5.41, 5.74) is 13.0. The van der Waals surface area contributed by atoms with E-state index in [0.29, 0.717) is 5.69 Å². The number of nitrogen functional groups attached to an aromatic ring is 1. The molecular weight excluding hydrogens is 216 g/mol. The number of amides is 1. The molecule has 0 fully saturated rings. The number of nitrogens with zero attached hydrogens (tertiary/aromatic N) is 2. The van der Waals surface area contributed by atoms with Gasteiger partial charge >= 0.3 is 0 Å². The molecule has 0 radical (unpaired) electrons. The molecular formula is C12H16N4O. The van der Waals surface area contributed by atoms with Gasteiger partial charge in [-0.3, -0.25) is 4.79 Å². The molecule has 17 heavy (non-hydrogen) atoms. The molecule has 90 valence electrons. The third-order valence-corrected chi connectivity index (χ3v) is 2.83. The summed E-state index contributed by atoms with van der Waals surface area (Å²) < 4.78 is 1.95. The van der Waals surface area contributed by atoms with Crippen LogP contribution in [0.5, 0.6) is 0 Å². The van der Waals surface area contributed by atoms with Gasteiger partial charge in [0.2, 0.25) is 5.91 Å². The molecule has 0 aliphatic carbocycles. The zero-order valence-electron chi connectivity index (χ0n) is 9.97. The molecule has 5 nitrogen and oxygen atoms in total. The SMILES string of the molecule is CC(C)(CC(N)=O)n1cnc2cc(N)ccc21. The van der Waals surface area contributed by atoms with Crippen LogP contribution in [0.3, 0.4) is 0 Å². The van der Waals surface area contributed by atoms with Crippen LogP contribution >= 0.6 is 0 Å². The normalized spacial score (nSPS) is 11.9. The van der Waals surface area contributed by atoms with Gasteiger partial charge in [-0.1, -0.05) is 0 Å². The Bertz CT molecular complexity index is 571. The van der Waals surface area contributed by atoms with Crippen molar-refractivity contribution in [3.63, 3.8) is 0 Å². The second kappa shape index (κ2) is 3.76. The molecule has 2 aromatic rings. The minimum atomic E-state index is -0.392. The van der Waals surface area contributed by atoms with Crippen LogP contribution < -0.4 is 11.5 Å². The molecule has 0 aliphatic rings. The number of anilines is 1. The summed E-state index contributed by atoms with van der Waals surface area (Å²) in [6.07, 6.45) is 1.98. The Balaban J connectivity index is 2.52.